The molecule has 1 aromatic carbocycles. The van der Waals surface area contributed by atoms with Crippen LogP contribution in [0.1, 0.15) is 0 Å². The summed E-state index contributed by atoms with van der Waals surface area (Å²) < 4.78 is 6.01. The Hall–Kier alpha value is -1.35. The number of benzene rings is 1. The average Bonchev–Trinajstić information content (AvgIpc) is 2.16. The Morgan fingerprint density at radius 2 is 1.80 bits per heavy atom. The maximum Gasteiger partial charge on any atom is 0.242 e. The van der Waals surface area contributed by atoms with Gasteiger partial charge in [0.1, 0.15) is 5.75 Å². The first-order valence-electron chi connectivity index (χ1n) is 5.09. The van der Waals surface area contributed by atoms with Crippen LogP contribution in [-0.4, -0.2) is 13.3 Å². The van der Waals surface area contributed by atoms with Crippen LogP contribution in [0.2, 0.25) is 19.6 Å². The summed E-state index contributed by atoms with van der Waals surface area (Å²) in [5.74, 6) is 0.958. The molecule has 0 atom stereocenters. The summed E-state index contributed by atoms with van der Waals surface area (Å²) in [7, 11) is -1.54. The van der Waals surface area contributed by atoms with Gasteiger partial charge in [0.15, 0.2) is 0 Å². The van der Waals surface area contributed by atoms with Gasteiger partial charge in [0.25, 0.3) is 0 Å². The molecule has 2 aromatic rings. The first kappa shape index (κ1) is 10.2. The number of para-hydroxylation sites is 1. The largest absolute Gasteiger partial charge is 0.544 e. The van der Waals surface area contributed by atoms with Crippen molar-refractivity contribution in [1.82, 2.24) is 4.98 Å². The van der Waals surface area contributed by atoms with E-state index in [0.29, 0.717) is 0 Å². The third kappa shape index (κ3) is 2.36. The van der Waals surface area contributed by atoms with Crippen LogP contribution < -0.4 is 4.43 Å². The van der Waals surface area contributed by atoms with Crippen molar-refractivity contribution in [2.45, 2.75) is 19.6 Å². The summed E-state index contributed by atoms with van der Waals surface area (Å²) in [6.45, 7) is 6.55. The molecule has 2 nitrogen and oxygen atoms in total. The van der Waals surface area contributed by atoms with Crippen LogP contribution in [0.4, 0.5) is 0 Å². The minimum Gasteiger partial charge on any atom is -0.544 e. The highest BCUT2D eigenvalue weighted by Crippen LogP contribution is 2.25. The van der Waals surface area contributed by atoms with E-state index in [-0.39, 0.29) is 0 Å². The first-order chi connectivity index (χ1) is 7.06. The molecule has 0 unspecified atom stereocenters. The van der Waals surface area contributed by atoms with Crippen molar-refractivity contribution < 1.29 is 4.43 Å². The molecule has 0 fully saturated rings. The van der Waals surface area contributed by atoms with Gasteiger partial charge in [0, 0.05) is 11.6 Å². The molecule has 0 aliphatic rings. The van der Waals surface area contributed by atoms with Gasteiger partial charge in [-0.3, -0.25) is 4.98 Å². The van der Waals surface area contributed by atoms with Crippen molar-refractivity contribution >= 4 is 19.2 Å². The van der Waals surface area contributed by atoms with Gasteiger partial charge in [-0.05, 0) is 37.8 Å². The second kappa shape index (κ2) is 3.66. The van der Waals surface area contributed by atoms with Crippen LogP contribution >= 0.6 is 0 Å². The molecule has 78 valence electrons. The average molecular weight is 217 g/mol. The lowest BCUT2D eigenvalue weighted by molar-refractivity contribution is 0.563. The van der Waals surface area contributed by atoms with Crippen molar-refractivity contribution in [3.05, 3.63) is 36.5 Å². The lowest BCUT2D eigenvalue weighted by atomic mass is 10.2. The number of rotatable bonds is 2. The summed E-state index contributed by atoms with van der Waals surface area (Å²) in [4.78, 5) is 4.31. The number of nitrogens with zero attached hydrogens (tertiary/aromatic N) is 1. The zero-order valence-electron chi connectivity index (χ0n) is 9.32. The molecule has 0 N–H and O–H groups in total. The molecule has 0 aliphatic heterocycles. The maximum atomic E-state index is 6.01. The van der Waals surface area contributed by atoms with Crippen molar-refractivity contribution in [2.24, 2.45) is 0 Å². The minimum atomic E-state index is -1.54. The van der Waals surface area contributed by atoms with Crippen molar-refractivity contribution in [3.8, 4) is 5.75 Å². The summed E-state index contributed by atoms with van der Waals surface area (Å²) in [5, 5.41) is 1.10. The van der Waals surface area contributed by atoms with Crippen LogP contribution in [0.25, 0.3) is 10.9 Å². The van der Waals surface area contributed by atoms with Gasteiger partial charge in [0.05, 0.1) is 5.52 Å². The SMILES string of the molecule is C[Si](C)(C)Oc1ccnc2ccccc12. The van der Waals surface area contributed by atoms with Gasteiger partial charge in [-0.15, -0.1) is 0 Å². The molecule has 0 saturated carbocycles. The van der Waals surface area contributed by atoms with Gasteiger partial charge >= 0.3 is 0 Å². The van der Waals surface area contributed by atoms with Crippen molar-refractivity contribution in [1.29, 1.82) is 0 Å². The Morgan fingerprint density at radius 3 is 2.53 bits per heavy atom. The summed E-state index contributed by atoms with van der Waals surface area (Å²) in [6, 6.07) is 10.0. The highest BCUT2D eigenvalue weighted by molar-refractivity contribution is 6.70. The number of pyridine rings is 1. The Balaban J connectivity index is 2.52. The lowest BCUT2D eigenvalue weighted by Crippen LogP contribution is -2.29. The minimum absolute atomic E-state index is 0.958. The van der Waals surface area contributed by atoms with Crippen LogP contribution in [0.3, 0.4) is 0 Å². The highest BCUT2D eigenvalue weighted by atomic mass is 28.4. The third-order valence-corrected chi connectivity index (χ3v) is 2.86. The van der Waals surface area contributed by atoms with E-state index in [2.05, 4.69) is 30.7 Å². The molecule has 1 aromatic heterocycles. The third-order valence-electron chi connectivity index (χ3n) is 2.03. The lowest BCUT2D eigenvalue weighted by Gasteiger charge is -2.20. The summed E-state index contributed by atoms with van der Waals surface area (Å²) in [5.41, 5.74) is 0.994. The fourth-order valence-corrected chi connectivity index (χ4v) is 2.33. The molecule has 0 amide bonds. The van der Waals surface area contributed by atoms with E-state index in [1.807, 2.05) is 24.3 Å². The fourth-order valence-electron chi connectivity index (χ4n) is 1.49. The summed E-state index contributed by atoms with van der Waals surface area (Å²) in [6.07, 6.45) is 1.80. The molecule has 0 spiro atoms. The van der Waals surface area contributed by atoms with Crippen LogP contribution in [0.15, 0.2) is 36.5 Å². The van der Waals surface area contributed by atoms with Crippen LogP contribution in [0, 0.1) is 0 Å². The standard InChI is InChI=1S/C12H15NOSi/c1-15(2,3)14-12-8-9-13-11-7-5-4-6-10(11)12/h4-9H,1-3H3. The molecule has 2 rings (SSSR count). The molecule has 0 bridgehead atoms. The Bertz CT molecular complexity index is 471. The number of fused-ring (bicyclic) bond motifs is 1. The molecular weight excluding hydrogens is 202 g/mol. The predicted molar refractivity (Wildman–Crippen MR) is 65.7 cm³/mol. The fraction of sp³-hybridized carbons (Fsp3) is 0.250. The van der Waals surface area contributed by atoms with Crippen LogP contribution in [-0.2, 0) is 0 Å². The van der Waals surface area contributed by atoms with Gasteiger partial charge in [-0.2, -0.15) is 0 Å². The topological polar surface area (TPSA) is 22.1 Å². The van der Waals surface area contributed by atoms with Gasteiger partial charge in [-0.25, -0.2) is 0 Å². The van der Waals surface area contributed by atoms with E-state index in [4.69, 9.17) is 4.43 Å². The quantitative estimate of drug-likeness (QED) is 0.719. The van der Waals surface area contributed by atoms with E-state index >= 15 is 0 Å². The van der Waals surface area contributed by atoms with Crippen molar-refractivity contribution in [2.75, 3.05) is 0 Å². The normalized spacial score (nSPS) is 11.7. The molecule has 0 aliphatic carbocycles. The molecule has 1 heterocycles. The van der Waals surface area contributed by atoms with Crippen LogP contribution in [0.5, 0.6) is 5.75 Å². The van der Waals surface area contributed by atoms with E-state index < -0.39 is 8.32 Å². The molecule has 15 heavy (non-hydrogen) atoms. The van der Waals surface area contributed by atoms with E-state index in [9.17, 15) is 0 Å². The number of hydrogen-bond acceptors (Lipinski definition) is 2. The van der Waals surface area contributed by atoms with Gasteiger partial charge < -0.3 is 4.43 Å². The first-order valence-corrected chi connectivity index (χ1v) is 8.50. The second-order valence-corrected chi connectivity index (χ2v) is 8.97. The maximum absolute atomic E-state index is 6.01. The highest BCUT2D eigenvalue weighted by Gasteiger charge is 2.17. The Kier molecular flexibility index (Phi) is 2.48. The van der Waals surface area contributed by atoms with Crippen molar-refractivity contribution in [3.63, 3.8) is 0 Å². The monoisotopic (exact) mass is 217 g/mol. The molecule has 0 radical (unpaired) electrons. The predicted octanol–water partition coefficient (Wildman–Crippen LogP) is 3.45. The smallest absolute Gasteiger partial charge is 0.242 e. The van der Waals surface area contributed by atoms with E-state index in [1.165, 1.54) is 0 Å². The zero-order valence-corrected chi connectivity index (χ0v) is 10.3. The number of hydrogen-bond donors (Lipinski definition) is 0. The van der Waals surface area contributed by atoms with E-state index in [0.717, 1.165) is 16.7 Å². The molecule has 0 saturated heterocycles. The zero-order chi connectivity index (χ0) is 10.9. The molecule has 3 heteroatoms. The van der Waals surface area contributed by atoms with E-state index in [1.54, 1.807) is 6.20 Å². The van der Waals surface area contributed by atoms with Gasteiger partial charge in [-0.1, -0.05) is 12.1 Å². The summed E-state index contributed by atoms with van der Waals surface area (Å²) >= 11 is 0. The number of aromatic nitrogens is 1. The second-order valence-electron chi connectivity index (χ2n) is 4.54. The van der Waals surface area contributed by atoms with Gasteiger partial charge in [0.2, 0.25) is 8.32 Å². The Morgan fingerprint density at radius 1 is 1.07 bits per heavy atom. The molecular formula is C12H15NOSi. The Labute approximate surface area is 91.0 Å².